The summed E-state index contributed by atoms with van der Waals surface area (Å²) in [5.41, 5.74) is -0.346. The van der Waals surface area contributed by atoms with Crippen molar-refractivity contribution in [3.8, 4) is 5.82 Å². The largest absolute Gasteiger partial charge is 0.417 e. The van der Waals surface area contributed by atoms with E-state index in [1.165, 1.54) is 29.3 Å². The number of nitrogens with one attached hydrogen (secondary N) is 1. The lowest BCUT2D eigenvalue weighted by atomic mass is 10.1. The van der Waals surface area contributed by atoms with E-state index in [4.69, 9.17) is 11.6 Å². The summed E-state index contributed by atoms with van der Waals surface area (Å²) in [5, 5.41) is 10.1. The molecule has 30 heavy (non-hydrogen) atoms. The van der Waals surface area contributed by atoms with Crippen LogP contribution in [0.2, 0.25) is 5.02 Å². The van der Waals surface area contributed by atoms with Crippen LogP contribution in [0.3, 0.4) is 0 Å². The van der Waals surface area contributed by atoms with Gasteiger partial charge in [0.25, 0.3) is 5.91 Å². The van der Waals surface area contributed by atoms with Crippen molar-refractivity contribution in [3.05, 3.63) is 77.0 Å². The molecular formula is C19H16ClF3N6O. The predicted molar refractivity (Wildman–Crippen MR) is 103 cm³/mol. The monoisotopic (exact) mass is 436 g/mol. The van der Waals surface area contributed by atoms with Gasteiger partial charge in [0.15, 0.2) is 5.82 Å². The van der Waals surface area contributed by atoms with Crippen LogP contribution < -0.4 is 5.32 Å². The zero-order valence-electron chi connectivity index (χ0n) is 15.7. The fraction of sp³-hybridized carbons (Fsp3) is 0.211. The van der Waals surface area contributed by atoms with Crippen LogP contribution in [0.1, 0.15) is 40.3 Å². The van der Waals surface area contributed by atoms with Crippen LogP contribution in [0.5, 0.6) is 0 Å². The van der Waals surface area contributed by atoms with E-state index in [9.17, 15) is 18.0 Å². The van der Waals surface area contributed by atoms with Crippen molar-refractivity contribution >= 4 is 17.5 Å². The Kier molecular flexibility index (Phi) is 6.16. The first-order chi connectivity index (χ1) is 14.2. The smallest absolute Gasteiger partial charge is 0.344 e. The summed E-state index contributed by atoms with van der Waals surface area (Å²) in [6.07, 6.45) is 1.83. The molecule has 156 valence electrons. The molecule has 0 aliphatic rings. The van der Waals surface area contributed by atoms with Gasteiger partial charge < -0.3 is 5.32 Å². The summed E-state index contributed by atoms with van der Waals surface area (Å²) in [6, 6.07) is 2.49. The third kappa shape index (κ3) is 4.33. The summed E-state index contributed by atoms with van der Waals surface area (Å²) in [4.78, 5) is 20.8. The number of hydrogen-bond donors (Lipinski definition) is 1. The Morgan fingerprint density at radius 3 is 2.77 bits per heavy atom. The minimum atomic E-state index is -4.67. The molecule has 0 saturated heterocycles. The number of rotatable bonds is 6. The van der Waals surface area contributed by atoms with Gasteiger partial charge in [-0.3, -0.25) is 9.78 Å². The minimum Gasteiger partial charge on any atom is -0.344 e. The maximum absolute atomic E-state index is 13.1. The van der Waals surface area contributed by atoms with Gasteiger partial charge >= 0.3 is 6.18 Å². The van der Waals surface area contributed by atoms with Gasteiger partial charge in [-0.15, -0.1) is 11.7 Å². The van der Waals surface area contributed by atoms with Crippen LogP contribution in [0.25, 0.3) is 5.82 Å². The van der Waals surface area contributed by atoms with Gasteiger partial charge in [0.05, 0.1) is 34.1 Å². The molecule has 2 heterocycles. The normalized spacial score (nSPS) is 12.4. The van der Waals surface area contributed by atoms with Crippen LogP contribution in [-0.4, -0.2) is 30.9 Å². The lowest BCUT2D eigenvalue weighted by molar-refractivity contribution is -0.137. The fourth-order valence-corrected chi connectivity index (χ4v) is 3.15. The first kappa shape index (κ1) is 21.4. The van der Waals surface area contributed by atoms with Gasteiger partial charge in [0.1, 0.15) is 5.69 Å². The Bertz CT molecular complexity index is 1070. The van der Waals surface area contributed by atoms with Crippen molar-refractivity contribution in [2.75, 3.05) is 0 Å². The van der Waals surface area contributed by atoms with E-state index in [0.29, 0.717) is 23.6 Å². The summed E-state index contributed by atoms with van der Waals surface area (Å²) in [5.74, 6) is -0.343. The van der Waals surface area contributed by atoms with E-state index in [0.717, 1.165) is 12.1 Å². The van der Waals surface area contributed by atoms with Crippen molar-refractivity contribution in [1.29, 1.82) is 0 Å². The molecule has 1 aromatic carbocycles. The highest BCUT2D eigenvalue weighted by Gasteiger charge is 2.35. The lowest BCUT2D eigenvalue weighted by Crippen LogP contribution is -2.28. The van der Waals surface area contributed by atoms with Gasteiger partial charge in [-0.1, -0.05) is 29.0 Å². The van der Waals surface area contributed by atoms with Gasteiger partial charge in [-0.25, -0.2) is 4.98 Å². The summed E-state index contributed by atoms with van der Waals surface area (Å²) < 4.78 is 40.7. The topological polar surface area (TPSA) is 85.6 Å². The Morgan fingerprint density at radius 1 is 1.37 bits per heavy atom. The van der Waals surface area contributed by atoms with Crippen molar-refractivity contribution in [3.63, 3.8) is 0 Å². The third-order valence-electron chi connectivity index (χ3n) is 4.20. The Morgan fingerprint density at radius 2 is 2.13 bits per heavy atom. The van der Waals surface area contributed by atoms with Crippen LogP contribution in [0.15, 0.2) is 49.4 Å². The number of carbonyl (C=O) groups excluding carboxylic acids is 1. The standard InChI is InChI=1S/C19H16ClF3N6O/c1-3-5-14-17(27-28-29(14)15-10-24-8-9-25-15)11(2)26-18(30)12-6-4-7-13(16(12)20)19(21,22)23/h3-4,6-11H,1,5H2,2H3,(H,26,30). The number of carbonyl (C=O) groups is 1. The van der Waals surface area contributed by atoms with E-state index in [1.54, 1.807) is 13.0 Å². The molecule has 0 saturated carbocycles. The molecule has 0 aliphatic heterocycles. The van der Waals surface area contributed by atoms with Crippen molar-refractivity contribution in [1.82, 2.24) is 30.3 Å². The van der Waals surface area contributed by atoms with Crippen LogP contribution in [-0.2, 0) is 12.6 Å². The van der Waals surface area contributed by atoms with E-state index in [-0.39, 0.29) is 5.56 Å². The second-order valence-corrected chi connectivity index (χ2v) is 6.63. The van der Waals surface area contributed by atoms with Gasteiger partial charge in [-0.2, -0.15) is 17.9 Å². The van der Waals surface area contributed by atoms with E-state index >= 15 is 0 Å². The first-order valence-corrected chi connectivity index (χ1v) is 9.10. The first-order valence-electron chi connectivity index (χ1n) is 8.72. The number of alkyl halides is 3. The molecule has 1 unspecified atom stereocenters. The highest BCUT2D eigenvalue weighted by atomic mass is 35.5. The molecule has 0 bridgehead atoms. The number of aromatic nitrogens is 5. The summed E-state index contributed by atoms with van der Waals surface area (Å²) in [7, 11) is 0. The number of halogens is 4. The Hall–Kier alpha value is -3.27. The number of amides is 1. The average molecular weight is 437 g/mol. The second kappa shape index (κ2) is 8.62. The van der Waals surface area contributed by atoms with Crippen LogP contribution in [0.4, 0.5) is 13.2 Å². The summed E-state index contributed by atoms with van der Waals surface area (Å²) >= 11 is 5.84. The molecule has 2 aromatic heterocycles. The molecule has 1 amide bonds. The van der Waals surface area contributed by atoms with Crippen molar-refractivity contribution in [2.24, 2.45) is 0 Å². The average Bonchev–Trinajstić information content (AvgIpc) is 3.12. The molecule has 0 spiro atoms. The molecule has 1 N–H and O–H groups in total. The third-order valence-corrected chi connectivity index (χ3v) is 4.61. The number of hydrogen-bond acceptors (Lipinski definition) is 5. The minimum absolute atomic E-state index is 0.287. The number of benzene rings is 1. The highest BCUT2D eigenvalue weighted by molar-refractivity contribution is 6.34. The van der Waals surface area contributed by atoms with Gasteiger partial charge in [0.2, 0.25) is 0 Å². The maximum Gasteiger partial charge on any atom is 0.417 e. The second-order valence-electron chi connectivity index (χ2n) is 6.25. The summed E-state index contributed by atoms with van der Waals surface area (Å²) in [6.45, 7) is 5.34. The molecule has 1 atom stereocenters. The molecule has 7 nitrogen and oxygen atoms in total. The van der Waals surface area contributed by atoms with Crippen molar-refractivity contribution in [2.45, 2.75) is 25.6 Å². The van der Waals surface area contributed by atoms with Crippen LogP contribution in [0, 0.1) is 0 Å². The Labute approximate surface area is 174 Å². The molecule has 0 radical (unpaired) electrons. The number of nitrogens with zero attached hydrogens (tertiary/aromatic N) is 5. The quantitative estimate of drug-likeness (QED) is 0.591. The fourth-order valence-electron chi connectivity index (χ4n) is 2.83. The predicted octanol–water partition coefficient (Wildman–Crippen LogP) is 3.95. The SMILES string of the molecule is C=CCc1c(C(C)NC(=O)c2cccc(C(F)(F)F)c2Cl)nnn1-c1cnccn1. The molecule has 3 rings (SSSR count). The molecule has 3 aromatic rings. The lowest BCUT2D eigenvalue weighted by Gasteiger charge is -2.16. The Balaban J connectivity index is 1.90. The molecule has 0 fully saturated rings. The van der Waals surface area contributed by atoms with E-state index in [1.807, 2.05) is 0 Å². The molecule has 11 heteroatoms. The van der Waals surface area contributed by atoms with E-state index in [2.05, 4.69) is 32.2 Å². The molecule has 0 aliphatic carbocycles. The van der Waals surface area contributed by atoms with Gasteiger partial charge in [0, 0.05) is 18.8 Å². The van der Waals surface area contributed by atoms with E-state index < -0.39 is 28.7 Å². The highest BCUT2D eigenvalue weighted by Crippen LogP contribution is 2.36. The zero-order chi connectivity index (χ0) is 21.9. The number of allylic oxidation sites excluding steroid dienone is 1. The van der Waals surface area contributed by atoms with Gasteiger partial charge in [-0.05, 0) is 19.1 Å². The molecular weight excluding hydrogens is 421 g/mol. The van der Waals surface area contributed by atoms with Crippen molar-refractivity contribution < 1.29 is 18.0 Å². The zero-order valence-corrected chi connectivity index (χ0v) is 16.4. The van der Waals surface area contributed by atoms with Crippen LogP contribution >= 0.6 is 11.6 Å². The maximum atomic E-state index is 13.1.